The van der Waals surface area contributed by atoms with E-state index < -0.39 is 0 Å². The lowest BCUT2D eigenvalue weighted by molar-refractivity contribution is 0.0625. The number of hydrogen-bond acceptors (Lipinski definition) is 2. The molecule has 0 bridgehead atoms. The van der Waals surface area contributed by atoms with Gasteiger partial charge in [0.2, 0.25) is 0 Å². The minimum Gasteiger partial charge on any atom is -0.356 e. The molecule has 1 fully saturated rings. The number of halogens is 1. The molecule has 0 radical (unpaired) electrons. The number of likely N-dealkylation sites (N-methyl/N-ethyl adjacent to an activating group) is 1. The molecule has 1 saturated heterocycles. The van der Waals surface area contributed by atoms with E-state index in [0.29, 0.717) is 11.7 Å². The van der Waals surface area contributed by atoms with Gasteiger partial charge in [-0.3, -0.25) is 4.79 Å². The third-order valence-corrected chi connectivity index (χ3v) is 3.14. The SMILES string of the molecule is CCN(C(=O)c1cc(Br)c[nH]1)C1CNC1. The van der Waals surface area contributed by atoms with Crippen molar-refractivity contribution in [2.75, 3.05) is 19.6 Å². The van der Waals surface area contributed by atoms with Gasteiger partial charge in [0.05, 0.1) is 6.04 Å². The van der Waals surface area contributed by atoms with Crippen LogP contribution >= 0.6 is 15.9 Å². The first-order valence-corrected chi connectivity index (χ1v) is 5.87. The van der Waals surface area contributed by atoms with E-state index in [-0.39, 0.29) is 5.91 Å². The summed E-state index contributed by atoms with van der Waals surface area (Å²) in [6.07, 6.45) is 1.78. The number of aromatic amines is 1. The van der Waals surface area contributed by atoms with Gasteiger partial charge in [0, 0.05) is 30.3 Å². The number of nitrogens with one attached hydrogen (secondary N) is 2. The minimum atomic E-state index is 0.0784. The fourth-order valence-corrected chi connectivity index (χ4v) is 2.05. The van der Waals surface area contributed by atoms with Crippen LogP contribution in [0, 0.1) is 0 Å². The first-order valence-electron chi connectivity index (χ1n) is 5.08. The summed E-state index contributed by atoms with van der Waals surface area (Å²) < 4.78 is 0.911. The van der Waals surface area contributed by atoms with Crippen LogP contribution in [-0.4, -0.2) is 41.5 Å². The van der Waals surface area contributed by atoms with Crippen molar-refractivity contribution < 1.29 is 4.79 Å². The molecule has 4 nitrogen and oxygen atoms in total. The van der Waals surface area contributed by atoms with Gasteiger partial charge in [-0.2, -0.15) is 0 Å². The van der Waals surface area contributed by atoms with Crippen LogP contribution in [0.25, 0.3) is 0 Å². The van der Waals surface area contributed by atoms with Crippen molar-refractivity contribution >= 4 is 21.8 Å². The van der Waals surface area contributed by atoms with E-state index in [4.69, 9.17) is 0 Å². The molecule has 15 heavy (non-hydrogen) atoms. The maximum absolute atomic E-state index is 12.1. The highest BCUT2D eigenvalue weighted by Gasteiger charge is 2.28. The molecule has 0 aliphatic carbocycles. The van der Waals surface area contributed by atoms with E-state index in [0.717, 1.165) is 24.1 Å². The molecule has 82 valence electrons. The lowest BCUT2D eigenvalue weighted by atomic mass is 10.1. The summed E-state index contributed by atoms with van der Waals surface area (Å²) in [5, 5.41) is 3.17. The number of amides is 1. The molecule has 1 aromatic rings. The van der Waals surface area contributed by atoms with Crippen LogP contribution < -0.4 is 5.32 Å². The van der Waals surface area contributed by atoms with Crippen LogP contribution in [0.15, 0.2) is 16.7 Å². The van der Waals surface area contributed by atoms with Crippen molar-refractivity contribution in [1.82, 2.24) is 15.2 Å². The molecule has 1 aliphatic rings. The quantitative estimate of drug-likeness (QED) is 0.869. The van der Waals surface area contributed by atoms with Gasteiger partial charge in [-0.15, -0.1) is 0 Å². The number of H-pyrrole nitrogens is 1. The van der Waals surface area contributed by atoms with Crippen molar-refractivity contribution in [2.24, 2.45) is 0 Å². The molecule has 2 N–H and O–H groups in total. The molecule has 0 aromatic carbocycles. The molecule has 1 aliphatic heterocycles. The fourth-order valence-electron chi connectivity index (χ4n) is 1.71. The molecule has 0 unspecified atom stereocenters. The predicted molar refractivity (Wildman–Crippen MR) is 61.9 cm³/mol. The van der Waals surface area contributed by atoms with E-state index in [2.05, 4.69) is 26.2 Å². The first kappa shape index (κ1) is 10.7. The number of hydrogen-bond donors (Lipinski definition) is 2. The van der Waals surface area contributed by atoms with E-state index in [9.17, 15) is 4.79 Å². The Labute approximate surface area is 97.2 Å². The molecule has 5 heteroatoms. The number of carbonyl (C=O) groups is 1. The summed E-state index contributed by atoms with van der Waals surface area (Å²) in [5.74, 6) is 0.0784. The van der Waals surface area contributed by atoms with Crippen LogP contribution in [0.5, 0.6) is 0 Å². The lowest BCUT2D eigenvalue weighted by Crippen LogP contribution is -2.58. The standard InChI is InChI=1S/C10H14BrN3O/c1-2-14(8-5-12-6-8)10(15)9-3-7(11)4-13-9/h3-4,8,12-13H,2,5-6H2,1H3. The molecular weight excluding hydrogens is 258 g/mol. The molecule has 0 saturated carbocycles. The van der Waals surface area contributed by atoms with E-state index in [1.165, 1.54) is 0 Å². The molecule has 0 atom stereocenters. The maximum Gasteiger partial charge on any atom is 0.270 e. The first-order chi connectivity index (χ1) is 7.22. The summed E-state index contributed by atoms with van der Waals surface area (Å²) >= 11 is 3.33. The van der Waals surface area contributed by atoms with Gasteiger partial charge < -0.3 is 15.2 Å². The Morgan fingerprint density at radius 3 is 2.80 bits per heavy atom. The van der Waals surface area contributed by atoms with Gasteiger partial charge in [-0.05, 0) is 28.9 Å². The highest BCUT2D eigenvalue weighted by Crippen LogP contribution is 2.15. The largest absolute Gasteiger partial charge is 0.356 e. The van der Waals surface area contributed by atoms with Crippen molar-refractivity contribution in [3.8, 4) is 0 Å². The van der Waals surface area contributed by atoms with Crippen molar-refractivity contribution in [1.29, 1.82) is 0 Å². The van der Waals surface area contributed by atoms with Crippen LogP contribution in [0.2, 0.25) is 0 Å². The van der Waals surface area contributed by atoms with Gasteiger partial charge in [-0.25, -0.2) is 0 Å². The second-order valence-corrected chi connectivity index (χ2v) is 4.55. The van der Waals surface area contributed by atoms with Crippen LogP contribution in [0.1, 0.15) is 17.4 Å². The summed E-state index contributed by atoms with van der Waals surface area (Å²) in [6.45, 7) is 4.57. The monoisotopic (exact) mass is 271 g/mol. The molecule has 2 heterocycles. The van der Waals surface area contributed by atoms with Crippen molar-refractivity contribution in [3.05, 3.63) is 22.4 Å². The second kappa shape index (κ2) is 4.37. The van der Waals surface area contributed by atoms with Gasteiger partial charge in [0.15, 0.2) is 0 Å². The number of aromatic nitrogens is 1. The zero-order chi connectivity index (χ0) is 10.8. The Kier molecular flexibility index (Phi) is 3.11. The Morgan fingerprint density at radius 2 is 2.40 bits per heavy atom. The van der Waals surface area contributed by atoms with Crippen molar-refractivity contribution in [3.63, 3.8) is 0 Å². The van der Waals surface area contributed by atoms with Crippen molar-refractivity contribution in [2.45, 2.75) is 13.0 Å². The minimum absolute atomic E-state index is 0.0784. The smallest absolute Gasteiger partial charge is 0.270 e. The Bertz CT molecular complexity index is 359. The highest BCUT2D eigenvalue weighted by atomic mass is 79.9. The predicted octanol–water partition coefficient (Wildman–Crippen LogP) is 1.21. The van der Waals surface area contributed by atoms with E-state index in [1.807, 2.05) is 17.9 Å². The summed E-state index contributed by atoms with van der Waals surface area (Å²) in [4.78, 5) is 16.9. The molecule has 0 spiro atoms. The third kappa shape index (κ3) is 2.08. The third-order valence-electron chi connectivity index (χ3n) is 2.68. The fraction of sp³-hybridized carbons (Fsp3) is 0.500. The highest BCUT2D eigenvalue weighted by molar-refractivity contribution is 9.10. The summed E-state index contributed by atoms with van der Waals surface area (Å²) in [6, 6.07) is 2.17. The second-order valence-electron chi connectivity index (χ2n) is 3.63. The Hall–Kier alpha value is -0.810. The Morgan fingerprint density at radius 1 is 1.67 bits per heavy atom. The van der Waals surface area contributed by atoms with Gasteiger partial charge in [-0.1, -0.05) is 0 Å². The van der Waals surface area contributed by atoms with E-state index in [1.54, 1.807) is 6.20 Å². The van der Waals surface area contributed by atoms with E-state index >= 15 is 0 Å². The maximum atomic E-state index is 12.1. The van der Waals surface area contributed by atoms with Crippen LogP contribution in [0.4, 0.5) is 0 Å². The zero-order valence-corrected chi connectivity index (χ0v) is 10.2. The number of nitrogens with zero attached hydrogens (tertiary/aromatic N) is 1. The molecule has 2 rings (SSSR count). The molecular formula is C10H14BrN3O. The van der Waals surface area contributed by atoms with Crippen LogP contribution in [-0.2, 0) is 0 Å². The zero-order valence-electron chi connectivity index (χ0n) is 8.59. The number of rotatable bonds is 3. The van der Waals surface area contributed by atoms with Gasteiger partial charge in [0.25, 0.3) is 5.91 Å². The molecule has 1 amide bonds. The Balaban J connectivity index is 2.10. The molecule has 1 aromatic heterocycles. The summed E-state index contributed by atoms with van der Waals surface area (Å²) in [7, 11) is 0. The van der Waals surface area contributed by atoms with Gasteiger partial charge >= 0.3 is 0 Å². The average Bonchev–Trinajstić information content (AvgIpc) is 2.57. The topological polar surface area (TPSA) is 48.1 Å². The normalized spacial score (nSPS) is 16.1. The van der Waals surface area contributed by atoms with Gasteiger partial charge in [0.1, 0.15) is 5.69 Å². The lowest BCUT2D eigenvalue weighted by Gasteiger charge is -2.37. The summed E-state index contributed by atoms with van der Waals surface area (Å²) in [5.41, 5.74) is 0.649. The van der Waals surface area contributed by atoms with Crippen LogP contribution in [0.3, 0.4) is 0 Å². The average molecular weight is 272 g/mol. The number of carbonyl (C=O) groups excluding carboxylic acids is 1.